The maximum Gasteiger partial charge on any atom is 0.294 e. The number of hydrogen-bond donors (Lipinski definition) is 2. The number of aromatic nitrogens is 5. The molecule has 10 heteroatoms. The fourth-order valence-electron chi connectivity index (χ4n) is 1.90. The lowest BCUT2D eigenvalue weighted by atomic mass is 10.4. The summed E-state index contributed by atoms with van der Waals surface area (Å²) < 4.78 is 2.96. The lowest BCUT2D eigenvalue weighted by Crippen LogP contribution is -2.30. The molecule has 9 nitrogen and oxygen atoms in total. The van der Waals surface area contributed by atoms with Gasteiger partial charge in [0.1, 0.15) is 11.7 Å². The third-order valence-corrected chi connectivity index (χ3v) is 3.82. The molecule has 0 spiro atoms. The van der Waals surface area contributed by atoms with Gasteiger partial charge in [-0.3, -0.25) is 24.3 Å². The highest BCUT2D eigenvalue weighted by atomic mass is 32.1. The number of nitrogens with two attached hydrogens (primary N) is 1. The van der Waals surface area contributed by atoms with Gasteiger partial charge >= 0.3 is 0 Å². The summed E-state index contributed by atoms with van der Waals surface area (Å²) in [5.41, 5.74) is 2.93. The molecule has 3 rings (SSSR count). The Hall–Kier alpha value is -2.59. The van der Waals surface area contributed by atoms with Gasteiger partial charge < -0.3 is 0 Å². The van der Waals surface area contributed by atoms with E-state index in [1.54, 1.807) is 12.4 Å². The van der Waals surface area contributed by atoms with E-state index >= 15 is 0 Å². The Balaban J connectivity index is 1.95. The molecule has 1 amide bonds. The molecule has 0 aliphatic heterocycles. The van der Waals surface area contributed by atoms with Crippen LogP contribution in [0.15, 0.2) is 22.7 Å². The maximum absolute atomic E-state index is 12.3. The van der Waals surface area contributed by atoms with Crippen LogP contribution in [0, 0.1) is 0 Å². The Labute approximate surface area is 122 Å². The minimum absolute atomic E-state index is 0.203. The minimum Gasteiger partial charge on any atom is -0.292 e. The van der Waals surface area contributed by atoms with Gasteiger partial charge in [-0.25, -0.2) is 15.8 Å². The molecule has 0 fully saturated rings. The van der Waals surface area contributed by atoms with Crippen molar-refractivity contribution in [3.8, 4) is 0 Å². The Morgan fingerprint density at radius 2 is 2.33 bits per heavy atom. The molecule has 0 aliphatic carbocycles. The van der Waals surface area contributed by atoms with E-state index in [1.165, 1.54) is 21.8 Å². The monoisotopic (exact) mass is 305 g/mol. The lowest BCUT2D eigenvalue weighted by Gasteiger charge is -2.02. The predicted molar refractivity (Wildman–Crippen MR) is 75.6 cm³/mol. The molecular formula is C11H11N7O2S. The second-order valence-corrected chi connectivity index (χ2v) is 5.16. The average molecular weight is 305 g/mol. The van der Waals surface area contributed by atoms with E-state index in [-0.39, 0.29) is 17.1 Å². The SMILES string of the molecule is Cn1ncc2c(=O)n(Cc3csc(C(=O)NN)n3)cnc21. The zero-order valence-corrected chi connectivity index (χ0v) is 11.8. The van der Waals surface area contributed by atoms with Gasteiger partial charge in [-0.05, 0) is 0 Å². The number of carbonyl (C=O) groups excluding carboxylic acids is 1. The van der Waals surface area contributed by atoms with Gasteiger partial charge in [0, 0.05) is 12.4 Å². The Morgan fingerprint density at radius 3 is 3.10 bits per heavy atom. The zero-order valence-electron chi connectivity index (χ0n) is 11.0. The summed E-state index contributed by atoms with van der Waals surface area (Å²) in [5, 5.41) is 6.39. The Bertz CT molecular complexity index is 878. The van der Waals surface area contributed by atoms with Crippen LogP contribution in [0.3, 0.4) is 0 Å². The van der Waals surface area contributed by atoms with Crippen LogP contribution >= 0.6 is 11.3 Å². The quantitative estimate of drug-likeness (QED) is 0.373. The lowest BCUT2D eigenvalue weighted by molar-refractivity contribution is 0.0953. The number of hydrazine groups is 1. The summed E-state index contributed by atoms with van der Waals surface area (Å²) in [6.07, 6.45) is 2.92. The van der Waals surface area contributed by atoms with Crippen molar-refractivity contribution in [2.45, 2.75) is 6.54 Å². The number of aryl methyl sites for hydroxylation is 1. The molecule has 0 unspecified atom stereocenters. The van der Waals surface area contributed by atoms with Gasteiger partial charge in [-0.2, -0.15) is 5.10 Å². The maximum atomic E-state index is 12.3. The fourth-order valence-corrected chi connectivity index (χ4v) is 2.61. The Morgan fingerprint density at radius 1 is 1.52 bits per heavy atom. The number of fused-ring (bicyclic) bond motifs is 1. The highest BCUT2D eigenvalue weighted by molar-refractivity contribution is 7.11. The largest absolute Gasteiger partial charge is 0.294 e. The number of thiazole rings is 1. The van der Waals surface area contributed by atoms with E-state index < -0.39 is 5.91 Å². The van der Waals surface area contributed by atoms with Crippen molar-refractivity contribution in [1.29, 1.82) is 0 Å². The molecule has 3 aromatic heterocycles. The van der Waals surface area contributed by atoms with Crippen LogP contribution in [0.25, 0.3) is 11.0 Å². The first-order chi connectivity index (χ1) is 10.1. The predicted octanol–water partition coefficient (Wildman–Crippen LogP) is -0.762. The highest BCUT2D eigenvalue weighted by Gasteiger charge is 2.12. The molecule has 0 radical (unpaired) electrons. The topological polar surface area (TPSA) is 121 Å². The molecule has 0 saturated carbocycles. The number of nitrogens with zero attached hydrogens (tertiary/aromatic N) is 5. The minimum atomic E-state index is -0.459. The van der Waals surface area contributed by atoms with E-state index in [0.29, 0.717) is 16.7 Å². The summed E-state index contributed by atoms with van der Waals surface area (Å²) in [6.45, 7) is 0.227. The molecule has 3 aromatic rings. The molecule has 108 valence electrons. The third kappa shape index (κ3) is 2.30. The first-order valence-electron chi connectivity index (χ1n) is 5.92. The van der Waals surface area contributed by atoms with E-state index in [9.17, 15) is 9.59 Å². The van der Waals surface area contributed by atoms with Crippen LogP contribution in [0.1, 0.15) is 15.5 Å². The summed E-state index contributed by atoms with van der Waals surface area (Å²) in [6, 6.07) is 0. The van der Waals surface area contributed by atoms with Crippen molar-refractivity contribution in [3.63, 3.8) is 0 Å². The third-order valence-electron chi connectivity index (χ3n) is 2.93. The van der Waals surface area contributed by atoms with E-state index in [0.717, 1.165) is 11.3 Å². The normalized spacial score (nSPS) is 11.0. The standard InChI is InChI=1S/C11H11N7O2S/c1-17-8-7(2-14-17)11(20)18(5-13-8)3-6-4-21-10(15-6)9(19)16-12/h2,4-5H,3,12H2,1H3,(H,16,19). The van der Waals surface area contributed by atoms with E-state index in [1.807, 2.05) is 5.43 Å². The van der Waals surface area contributed by atoms with Crippen LogP contribution in [-0.4, -0.2) is 30.2 Å². The molecular weight excluding hydrogens is 294 g/mol. The van der Waals surface area contributed by atoms with Gasteiger partial charge in [0.05, 0.1) is 18.4 Å². The van der Waals surface area contributed by atoms with Gasteiger partial charge in [-0.15, -0.1) is 11.3 Å². The van der Waals surface area contributed by atoms with Gasteiger partial charge in [0.2, 0.25) is 0 Å². The molecule has 0 aromatic carbocycles. The van der Waals surface area contributed by atoms with E-state index in [4.69, 9.17) is 5.84 Å². The second kappa shape index (κ2) is 5.07. The van der Waals surface area contributed by atoms with Crippen molar-refractivity contribution in [2.75, 3.05) is 0 Å². The number of amides is 1. The Kier molecular flexibility index (Phi) is 3.23. The molecule has 0 atom stereocenters. The second-order valence-electron chi connectivity index (χ2n) is 4.30. The van der Waals surface area contributed by atoms with Crippen LogP contribution in [-0.2, 0) is 13.6 Å². The van der Waals surface area contributed by atoms with Gasteiger partial charge in [-0.1, -0.05) is 0 Å². The molecule has 3 heterocycles. The number of rotatable bonds is 3. The smallest absolute Gasteiger partial charge is 0.292 e. The zero-order chi connectivity index (χ0) is 15.0. The van der Waals surface area contributed by atoms with Crippen molar-refractivity contribution in [1.82, 2.24) is 29.7 Å². The van der Waals surface area contributed by atoms with Crippen molar-refractivity contribution in [2.24, 2.45) is 12.9 Å². The number of hydrogen-bond acceptors (Lipinski definition) is 7. The molecule has 0 bridgehead atoms. The van der Waals surface area contributed by atoms with Crippen LogP contribution < -0.4 is 16.8 Å². The first-order valence-corrected chi connectivity index (χ1v) is 6.80. The highest BCUT2D eigenvalue weighted by Crippen LogP contribution is 2.11. The number of nitrogens with one attached hydrogen (secondary N) is 1. The van der Waals surface area contributed by atoms with Crippen LogP contribution in [0.2, 0.25) is 0 Å². The van der Waals surface area contributed by atoms with Crippen LogP contribution in [0.5, 0.6) is 0 Å². The average Bonchev–Trinajstić information content (AvgIpc) is 3.09. The van der Waals surface area contributed by atoms with Crippen molar-refractivity contribution >= 4 is 28.3 Å². The fraction of sp³-hybridized carbons (Fsp3) is 0.182. The summed E-state index contributed by atoms with van der Waals surface area (Å²) >= 11 is 1.16. The number of nitrogen functional groups attached to an aromatic ring is 1. The van der Waals surface area contributed by atoms with Gasteiger partial charge in [0.25, 0.3) is 11.5 Å². The molecule has 0 saturated heterocycles. The van der Waals surface area contributed by atoms with E-state index in [2.05, 4.69) is 15.1 Å². The van der Waals surface area contributed by atoms with Crippen molar-refractivity contribution < 1.29 is 4.79 Å². The molecule has 0 aliphatic rings. The summed E-state index contributed by atoms with van der Waals surface area (Å²) in [7, 11) is 1.72. The molecule has 21 heavy (non-hydrogen) atoms. The first kappa shape index (κ1) is 13.4. The van der Waals surface area contributed by atoms with Crippen LogP contribution in [0.4, 0.5) is 0 Å². The van der Waals surface area contributed by atoms with Crippen molar-refractivity contribution in [3.05, 3.63) is 39.0 Å². The summed E-state index contributed by atoms with van der Waals surface area (Å²) in [4.78, 5) is 31.9. The number of carbonyl (C=O) groups is 1. The van der Waals surface area contributed by atoms with Gasteiger partial charge in [0.15, 0.2) is 10.7 Å². The summed E-state index contributed by atoms with van der Waals surface area (Å²) in [5.74, 6) is 4.59. The molecule has 3 N–H and O–H groups in total.